The van der Waals surface area contributed by atoms with Crippen molar-refractivity contribution in [1.29, 1.82) is 0 Å². The maximum atomic E-state index is 12.4. The molecule has 1 atom stereocenters. The van der Waals surface area contributed by atoms with Gasteiger partial charge in [-0.05, 0) is 37.6 Å². The molecule has 0 amide bonds. The number of ether oxygens (including phenoxy) is 3. The molecule has 7 nitrogen and oxygen atoms in total. The molecular formula is C18H17F2NO6. The molecule has 0 N–H and O–H groups in total. The molecule has 9 heteroatoms. The van der Waals surface area contributed by atoms with Crippen LogP contribution in [0.25, 0.3) is 0 Å². The van der Waals surface area contributed by atoms with Gasteiger partial charge in [0.05, 0.1) is 17.1 Å². The zero-order chi connectivity index (χ0) is 20.0. The number of halogens is 2. The second-order valence-electron chi connectivity index (χ2n) is 5.37. The minimum Gasteiger partial charge on any atom is -0.490 e. The number of rotatable bonds is 8. The number of alkyl halides is 2. The van der Waals surface area contributed by atoms with Crippen LogP contribution < -0.4 is 9.47 Å². The number of nitrogens with zero attached hydrogens (tertiary/aromatic N) is 1. The second kappa shape index (κ2) is 8.93. The summed E-state index contributed by atoms with van der Waals surface area (Å²) in [4.78, 5) is 22.6. The van der Waals surface area contributed by atoms with Gasteiger partial charge in [-0.15, -0.1) is 0 Å². The number of hydrogen-bond donors (Lipinski definition) is 0. The van der Waals surface area contributed by atoms with Gasteiger partial charge in [-0.3, -0.25) is 10.1 Å². The number of esters is 1. The lowest BCUT2D eigenvalue weighted by molar-refractivity contribution is -0.385. The molecule has 0 aliphatic rings. The van der Waals surface area contributed by atoms with E-state index in [1.54, 1.807) is 19.9 Å². The van der Waals surface area contributed by atoms with E-state index in [0.717, 1.165) is 0 Å². The Morgan fingerprint density at radius 3 is 2.56 bits per heavy atom. The van der Waals surface area contributed by atoms with Crippen LogP contribution in [-0.4, -0.2) is 24.1 Å². The number of carbonyl (C=O) groups is 1. The average Bonchev–Trinajstić information content (AvgIpc) is 2.63. The Hall–Kier alpha value is -3.23. The maximum absolute atomic E-state index is 12.4. The van der Waals surface area contributed by atoms with Crippen LogP contribution in [0.15, 0.2) is 42.5 Å². The molecule has 0 aliphatic carbocycles. The van der Waals surface area contributed by atoms with E-state index in [1.165, 1.54) is 36.4 Å². The van der Waals surface area contributed by atoms with Gasteiger partial charge < -0.3 is 14.2 Å². The fraction of sp³-hybridized carbons (Fsp3) is 0.278. The lowest BCUT2D eigenvalue weighted by atomic mass is 10.1. The van der Waals surface area contributed by atoms with Gasteiger partial charge >= 0.3 is 12.6 Å². The van der Waals surface area contributed by atoms with Crippen molar-refractivity contribution in [3.63, 3.8) is 0 Å². The molecule has 0 aliphatic heterocycles. The number of non-ortho nitro benzene ring substituents is 1. The topological polar surface area (TPSA) is 87.9 Å². The molecule has 2 rings (SSSR count). The molecule has 0 bridgehead atoms. The Morgan fingerprint density at radius 2 is 1.93 bits per heavy atom. The molecule has 27 heavy (non-hydrogen) atoms. The Balaban J connectivity index is 2.18. The second-order valence-corrected chi connectivity index (χ2v) is 5.37. The Labute approximate surface area is 153 Å². The highest BCUT2D eigenvalue weighted by atomic mass is 19.3. The SMILES string of the molecule is CCOc1cc(C(=O)O[C@H](C)c2cccc([N+](=O)[O-])c2)ccc1OC(F)F. The van der Waals surface area contributed by atoms with Gasteiger partial charge in [-0.1, -0.05) is 12.1 Å². The van der Waals surface area contributed by atoms with Gasteiger partial charge in [0.2, 0.25) is 0 Å². The summed E-state index contributed by atoms with van der Waals surface area (Å²) in [5, 5.41) is 10.8. The summed E-state index contributed by atoms with van der Waals surface area (Å²) >= 11 is 0. The van der Waals surface area contributed by atoms with Crippen LogP contribution >= 0.6 is 0 Å². The van der Waals surface area contributed by atoms with Crippen LogP contribution in [-0.2, 0) is 4.74 Å². The molecule has 0 spiro atoms. The van der Waals surface area contributed by atoms with E-state index in [0.29, 0.717) is 5.56 Å². The minimum absolute atomic E-state index is 0.0183. The molecule has 0 radical (unpaired) electrons. The predicted molar refractivity (Wildman–Crippen MR) is 91.2 cm³/mol. The summed E-state index contributed by atoms with van der Waals surface area (Å²) in [6, 6.07) is 9.41. The molecule has 0 aromatic heterocycles. The first-order valence-electron chi connectivity index (χ1n) is 7.98. The minimum atomic E-state index is -3.03. The summed E-state index contributed by atoms with van der Waals surface area (Å²) in [6.07, 6.45) is -0.759. The van der Waals surface area contributed by atoms with Crippen molar-refractivity contribution in [2.45, 2.75) is 26.6 Å². The Bertz CT molecular complexity index is 827. The van der Waals surface area contributed by atoms with Crippen LogP contribution in [0.4, 0.5) is 14.5 Å². The summed E-state index contributed by atoms with van der Waals surface area (Å²) in [6.45, 7) is 0.370. The first-order chi connectivity index (χ1) is 12.8. The zero-order valence-electron chi connectivity index (χ0n) is 14.6. The highest BCUT2D eigenvalue weighted by molar-refractivity contribution is 5.90. The smallest absolute Gasteiger partial charge is 0.387 e. The van der Waals surface area contributed by atoms with E-state index in [9.17, 15) is 23.7 Å². The standard InChI is InChI=1S/C18H17F2NO6/c1-3-25-16-10-13(7-8-15(16)27-18(19)20)17(22)26-11(2)12-5-4-6-14(9-12)21(23)24/h4-11,18H,3H2,1-2H3/t11-/m1/s1. The summed E-state index contributed by atoms with van der Waals surface area (Å²) in [7, 11) is 0. The van der Waals surface area contributed by atoms with Crippen LogP contribution in [0, 0.1) is 10.1 Å². The van der Waals surface area contributed by atoms with Crippen molar-refractivity contribution in [2.24, 2.45) is 0 Å². The highest BCUT2D eigenvalue weighted by Crippen LogP contribution is 2.31. The fourth-order valence-corrected chi connectivity index (χ4v) is 2.28. The quantitative estimate of drug-likeness (QED) is 0.380. The third kappa shape index (κ3) is 5.37. The van der Waals surface area contributed by atoms with Crippen molar-refractivity contribution < 1.29 is 32.7 Å². The van der Waals surface area contributed by atoms with Crippen molar-refractivity contribution in [3.05, 3.63) is 63.7 Å². The van der Waals surface area contributed by atoms with E-state index in [4.69, 9.17) is 9.47 Å². The van der Waals surface area contributed by atoms with Crippen LogP contribution in [0.2, 0.25) is 0 Å². The van der Waals surface area contributed by atoms with Gasteiger partial charge in [-0.2, -0.15) is 8.78 Å². The monoisotopic (exact) mass is 381 g/mol. The molecule has 0 fully saturated rings. The van der Waals surface area contributed by atoms with Crippen LogP contribution in [0.5, 0.6) is 11.5 Å². The lowest BCUT2D eigenvalue weighted by Crippen LogP contribution is -2.11. The number of carbonyl (C=O) groups excluding carboxylic acids is 1. The number of nitro groups is 1. The van der Waals surface area contributed by atoms with Gasteiger partial charge in [0, 0.05) is 12.1 Å². The molecular weight excluding hydrogens is 364 g/mol. The summed E-state index contributed by atoms with van der Waals surface area (Å²) in [5.41, 5.74) is 0.389. The van der Waals surface area contributed by atoms with Gasteiger partial charge in [0.15, 0.2) is 11.5 Å². The van der Waals surface area contributed by atoms with E-state index >= 15 is 0 Å². The van der Waals surface area contributed by atoms with Crippen molar-refractivity contribution in [1.82, 2.24) is 0 Å². The molecule has 0 saturated carbocycles. The van der Waals surface area contributed by atoms with Crippen LogP contribution in [0.3, 0.4) is 0 Å². The van der Waals surface area contributed by atoms with Crippen LogP contribution in [0.1, 0.15) is 35.9 Å². The van der Waals surface area contributed by atoms with Crippen molar-refractivity contribution in [3.8, 4) is 11.5 Å². The highest BCUT2D eigenvalue weighted by Gasteiger charge is 2.19. The molecule has 2 aromatic carbocycles. The van der Waals surface area contributed by atoms with Gasteiger partial charge in [0.1, 0.15) is 6.10 Å². The molecule has 0 unspecified atom stereocenters. The van der Waals surface area contributed by atoms with Crippen molar-refractivity contribution >= 4 is 11.7 Å². The first kappa shape index (κ1) is 20.1. The summed E-state index contributed by atoms with van der Waals surface area (Å²) in [5.74, 6) is -0.955. The molecule has 0 saturated heterocycles. The predicted octanol–water partition coefficient (Wildman–Crippen LogP) is 4.51. The first-order valence-corrected chi connectivity index (χ1v) is 7.98. The van der Waals surface area contributed by atoms with E-state index < -0.39 is 23.6 Å². The van der Waals surface area contributed by atoms with E-state index in [1.807, 2.05) is 0 Å². The van der Waals surface area contributed by atoms with Gasteiger partial charge in [0.25, 0.3) is 5.69 Å². The largest absolute Gasteiger partial charge is 0.490 e. The number of hydrogen-bond acceptors (Lipinski definition) is 6. The molecule has 0 heterocycles. The van der Waals surface area contributed by atoms with Gasteiger partial charge in [-0.25, -0.2) is 4.79 Å². The molecule has 2 aromatic rings. The summed E-state index contributed by atoms with van der Waals surface area (Å²) < 4.78 is 39.7. The van der Waals surface area contributed by atoms with E-state index in [2.05, 4.69) is 4.74 Å². The number of nitro benzene ring substituents is 1. The Morgan fingerprint density at radius 1 is 1.19 bits per heavy atom. The average molecular weight is 381 g/mol. The zero-order valence-corrected chi connectivity index (χ0v) is 14.6. The van der Waals surface area contributed by atoms with E-state index in [-0.39, 0.29) is 29.4 Å². The van der Waals surface area contributed by atoms with Crippen molar-refractivity contribution in [2.75, 3.05) is 6.61 Å². The fourth-order valence-electron chi connectivity index (χ4n) is 2.28. The maximum Gasteiger partial charge on any atom is 0.387 e. The lowest BCUT2D eigenvalue weighted by Gasteiger charge is -2.15. The number of benzene rings is 2. The molecule has 144 valence electrons. The normalized spacial score (nSPS) is 11.7. The Kier molecular flexibility index (Phi) is 6.64. The third-order valence-electron chi connectivity index (χ3n) is 3.53. The third-order valence-corrected chi connectivity index (χ3v) is 3.53.